The maximum atomic E-state index is 11.4. The summed E-state index contributed by atoms with van der Waals surface area (Å²) in [5.41, 5.74) is 8.49. The normalized spacial score (nSPS) is 11.3. The van der Waals surface area contributed by atoms with Gasteiger partial charge in [0.05, 0.1) is 12.2 Å². The van der Waals surface area contributed by atoms with Gasteiger partial charge in [0.2, 0.25) is 5.91 Å². The van der Waals surface area contributed by atoms with Crippen LogP contribution in [0.25, 0.3) is 21.8 Å². The van der Waals surface area contributed by atoms with E-state index in [0.29, 0.717) is 10.0 Å². The first-order valence-corrected chi connectivity index (χ1v) is 6.54. The van der Waals surface area contributed by atoms with Crippen molar-refractivity contribution >= 4 is 43.6 Å². The van der Waals surface area contributed by atoms with Crippen molar-refractivity contribution in [1.82, 2.24) is 4.98 Å². The molecule has 0 saturated carbocycles. The average molecular weight is 319 g/mol. The van der Waals surface area contributed by atoms with Crippen LogP contribution >= 0.6 is 15.9 Å². The van der Waals surface area contributed by atoms with Crippen molar-refractivity contribution in [3.8, 4) is 0 Å². The Labute approximate surface area is 117 Å². The van der Waals surface area contributed by atoms with Crippen LogP contribution in [0.1, 0.15) is 15.9 Å². The molecule has 0 saturated heterocycles. The van der Waals surface area contributed by atoms with Crippen LogP contribution in [0.5, 0.6) is 0 Å². The highest BCUT2D eigenvalue weighted by Gasteiger charge is 2.14. The Morgan fingerprint density at radius 3 is 2.74 bits per heavy atom. The second-order valence-electron chi connectivity index (χ2n) is 4.38. The van der Waals surface area contributed by atoms with E-state index in [-0.39, 0.29) is 6.61 Å². The molecule has 0 aliphatic heterocycles. The molecule has 1 aromatic heterocycles. The third-order valence-corrected chi connectivity index (χ3v) is 4.04. The molecule has 0 radical (unpaired) electrons. The number of amides is 1. The predicted octanol–water partition coefficient (Wildman–Crippen LogP) is 2.67. The molecular formula is C14H11BrN2O2. The standard InChI is InChI=1S/C14H11BrN2O2/c15-13-9(14(16)19)3-4-10-12(13)8-2-1-7(6-18)5-11(8)17-10/h1-5,17-18H,6H2,(H2,16,19). The SMILES string of the molecule is NC(=O)c1ccc2[nH]c3cc(CO)ccc3c2c1Br. The van der Waals surface area contributed by atoms with Crippen LogP contribution in [0.2, 0.25) is 0 Å². The number of aromatic amines is 1. The van der Waals surface area contributed by atoms with Gasteiger partial charge < -0.3 is 15.8 Å². The number of hydrogen-bond donors (Lipinski definition) is 3. The van der Waals surface area contributed by atoms with Crippen LogP contribution in [0.3, 0.4) is 0 Å². The molecule has 2 aromatic carbocycles. The summed E-state index contributed by atoms with van der Waals surface area (Å²) in [4.78, 5) is 14.6. The first kappa shape index (κ1) is 12.2. The molecule has 5 heteroatoms. The van der Waals surface area contributed by atoms with Gasteiger partial charge in [-0.1, -0.05) is 12.1 Å². The largest absolute Gasteiger partial charge is 0.392 e. The summed E-state index contributed by atoms with van der Waals surface area (Å²) in [6.45, 7) is -0.000981. The maximum Gasteiger partial charge on any atom is 0.249 e. The van der Waals surface area contributed by atoms with Gasteiger partial charge in [-0.15, -0.1) is 0 Å². The molecule has 3 rings (SSSR count). The number of nitrogens with one attached hydrogen (secondary N) is 1. The van der Waals surface area contributed by atoms with E-state index in [1.165, 1.54) is 0 Å². The molecule has 3 aromatic rings. The molecule has 0 spiro atoms. The maximum absolute atomic E-state index is 11.4. The number of H-pyrrole nitrogens is 1. The molecule has 19 heavy (non-hydrogen) atoms. The van der Waals surface area contributed by atoms with Crippen LogP contribution in [-0.4, -0.2) is 16.0 Å². The molecule has 1 amide bonds. The summed E-state index contributed by atoms with van der Waals surface area (Å²) in [5.74, 6) is -0.463. The van der Waals surface area contributed by atoms with Crippen molar-refractivity contribution in [1.29, 1.82) is 0 Å². The molecule has 1 heterocycles. The Kier molecular flexibility index (Phi) is 2.80. The fourth-order valence-electron chi connectivity index (χ4n) is 2.29. The van der Waals surface area contributed by atoms with Gasteiger partial charge in [0.25, 0.3) is 0 Å². The molecule has 0 bridgehead atoms. The molecular weight excluding hydrogens is 308 g/mol. The van der Waals surface area contributed by atoms with E-state index in [1.807, 2.05) is 24.3 Å². The predicted molar refractivity (Wildman–Crippen MR) is 77.9 cm³/mol. The first-order valence-electron chi connectivity index (χ1n) is 5.75. The lowest BCUT2D eigenvalue weighted by atomic mass is 10.1. The number of aromatic nitrogens is 1. The van der Waals surface area contributed by atoms with E-state index < -0.39 is 5.91 Å². The number of nitrogens with two attached hydrogens (primary N) is 1. The highest BCUT2D eigenvalue weighted by Crippen LogP contribution is 2.34. The summed E-state index contributed by atoms with van der Waals surface area (Å²) in [7, 11) is 0. The van der Waals surface area contributed by atoms with Crippen molar-refractivity contribution in [2.45, 2.75) is 6.61 Å². The lowest BCUT2D eigenvalue weighted by Gasteiger charge is -2.02. The van der Waals surface area contributed by atoms with Crippen molar-refractivity contribution < 1.29 is 9.90 Å². The average Bonchev–Trinajstić information content (AvgIpc) is 2.76. The Bertz CT molecular complexity index is 808. The van der Waals surface area contributed by atoms with E-state index in [2.05, 4.69) is 20.9 Å². The smallest absolute Gasteiger partial charge is 0.249 e. The van der Waals surface area contributed by atoms with Crippen LogP contribution in [0, 0.1) is 0 Å². The summed E-state index contributed by atoms with van der Waals surface area (Å²) in [6.07, 6.45) is 0. The Morgan fingerprint density at radius 2 is 2.05 bits per heavy atom. The van der Waals surface area contributed by atoms with E-state index in [4.69, 9.17) is 10.8 Å². The number of primary amides is 1. The van der Waals surface area contributed by atoms with Crippen molar-refractivity contribution in [2.75, 3.05) is 0 Å². The summed E-state index contributed by atoms with van der Waals surface area (Å²) >= 11 is 3.45. The van der Waals surface area contributed by atoms with E-state index in [9.17, 15) is 4.79 Å². The Hall–Kier alpha value is -1.85. The second kappa shape index (κ2) is 4.36. The number of aliphatic hydroxyl groups excluding tert-OH is 1. The molecule has 0 atom stereocenters. The highest BCUT2D eigenvalue weighted by atomic mass is 79.9. The quantitative estimate of drug-likeness (QED) is 0.679. The zero-order valence-electron chi connectivity index (χ0n) is 9.90. The van der Waals surface area contributed by atoms with Crippen LogP contribution in [0.15, 0.2) is 34.8 Å². The zero-order chi connectivity index (χ0) is 13.6. The monoisotopic (exact) mass is 318 g/mol. The number of rotatable bonds is 2. The van der Waals surface area contributed by atoms with E-state index in [0.717, 1.165) is 27.4 Å². The number of carbonyl (C=O) groups is 1. The van der Waals surface area contributed by atoms with Crippen molar-refractivity contribution in [3.63, 3.8) is 0 Å². The third-order valence-electron chi connectivity index (χ3n) is 3.21. The number of fused-ring (bicyclic) bond motifs is 3. The van der Waals surface area contributed by atoms with Gasteiger partial charge in [0, 0.05) is 26.3 Å². The molecule has 0 aliphatic carbocycles. The highest BCUT2D eigenvalue weighted by molar-refractivity contribution is 9.10. The van der Waals surface area contributed by atoms with E-state index >= 15 is 0 Å². The van der Waals surface area contributed by atoms with Crippen LogP contribution < -0.4 is 5.73 Å². The van der Waals surface area contributed by atoms with Gasteiger partial charge in [0.1, 0.15) is 0 Å². The number of benzene rings is 2. The molecule has 4 nitrogen and oxygen atoms in total. The third kappa shape index (κ3) is 1.82. The second-order valence-corrected chi connectivity index (χ2v) is 5.17. The van der Waals surface area contributed by atoms with Crippen molar-refractivity contribution in [2.24, 2.45) is 5.73 Å². The first-order chi connectivity index (χ1) is 9.11. The lowest BCUT2D eigenvalue weighted by Crippen LogP contribution is -2.11. The summed E-state index contributed by atoms with van der Waals surface area (Å²) in [6, 6.07) is 9.20. The number of aliphatic hydroxyl groups is 1. The summed E-state index contributed by atoms with van der Waals surface area (Å²) < 4.78 is 0.695. The lowest BCUT2D eigenvalue weighted by molar-refractivity contribution is 0.0999. The molecule has 0 aliphatic rings. The van der Waals surface area contributed by atoms with Gasteiger partial charge >= 0.3 is 0 Å². The molecule has 4 N–H and O–H groups in total. The number of hydrogen-bond acceptors (Lipinski definition) is 2. The molecule has 0 unspecified atom stereocenters. The fourth-order valence-corrected chi connectivity index (χ4v) is 3.04. The molecule has 0 fully saturated rings. The Morgan fingerprint density at radius 1 is 1.26 bits per heavy atom. The topological polar surface area (TPSA) is 79.1 Å². The van der Waals surface area contributed by atoms with Crippen LogP contribution in [-0.2, 0) is 6.61 Å². The van der Waals surface area contributed by atoms with Gasteiger partial charge in [-0.25, -0.2) is 0 Å². The molecule has 96 valence electrons. The van der Waals surface area contributed by atoms with Gasteiger partial charge in [0.15, 0.2) is 0 Å². The number of halogens is 1. The van der Waals surface area contributed by atoms with Gasteiger partial charge in [-0.05, 0) is 39.7 Å². The van der Waals surface area contributed by atoms with Gasteiger partial charge in [-0.2, -0.15) is 0 Å². The minimum atomic E-state index is -0.463. The zero-order valence-corrected chi connectivity index (χ0v) is 11.5. The number of carbonyl (C=O) groups excluding carboxylic acids is 1. The Balaban J connectivity index is 2.42. The minimum Gasteiger partial charge on any atom is -0.392 e. The minimum absolute atomic E-state index is 0.000981. The van der Waals surface area contributed by atoms with Crippen LogP contribution in [0.4, 0.5) is 0 Å². The van der Waals surface area contributed by atoms with Crippen molar-refractivity contribution in [3.05, 3.63) is 45.9 Å². The van der Waals surface area contributed by atoms with Gasteiger partial charge in [-0.3, -0.25) is 4.79 Å². The fraction of sp³-hybridized carbons (Fsp3) is 0.0714. The van der Waals surface area contributed by atoms with E-state index in [1.54, 1.807) is 6.07 Å². The summed E-state index contributed by atoms with van der Waals surface area (Å²) in [5, 5.41) is 11.1.